The summed E-state index contributed by atoms with van der Waals surface area (Å²) in [4.78, 5) is 0. The summed E-state index contributed by atoms with van der Waals surface area (Å²) in [6, 6.07) is 7.21. The van der Waals surface area contributed by atoms with Crippen molar-refractivity contribution < 1.29 is 8.42 Å². The largest absolute Gasteiger partial charge is 0.399 e. The van der Waals surface area contributed by atoms with E-state index in [0.29, 0.717) is 18.8 Å². The van der Waals surface area contributed by atoms with Crippen LogP contribution < -0.4 is 5.73 Å². The molecule has 0 unspecified atom stereocenters. The number of rotatable bonds is 5. The molecule has 0 bridgehead atoms. The fourth-order valence-corrected chi connectivity index (χ4v) is 2.51. The van der Waals surface area contributed by atoms with Crippen LogP contribution in [0.25, 0.3) is 0 Å². The highest BCUT2D eigenvalue weighted by Crippen LogP contribution is 2.12. The molecule has 6 heteroatoms. The van der Waals surface area contributed by atoms with Crippen molar-refractivity contribution in [1.82, 2.24) is 8.61 Å². The van der Waals surface area contributed by atoms with E-state index in [9.17, 15) is 8.42 Å². The Labute approximate surface area is 103 Å². The summed E-state index contributed by atoms with van der Waals surface area (Å²) in [5, 5.41) is 0. The van der Waals surface area contributed by atoms with E-state index < -0.39 is 10.2 Å². The van der Waals surface area contributed by atoms with Gasteiger partial charge in [-0.1, -0.05) is 19.1 Å². The van der Waals surface area contributed by atoms with Gasteiger partial charge in [0, 0.05) is 32.9 Å². The van der Waals surface area contributed by atoms with Crippen LogP contribution in [-0.2, 0) is 16.8 Å². The second kappa shape index (κ2) is 5.48. The zero-order valence-electron chi connectivity index (χ0n) is 10.4. The van der Waals surface area contributed by atoms with Crippen LogP contribution in [0.15, 0.2) is 24.3 Å². The standard InChI is InChI=1S/C11H19N3O2S/c1-4-14(17(15,16)13(2)3)9-10-5-7-11(12)8-6-10/h5-8H,4,9,12H2,1-3H3. The summed E-state index contributed by atoms with van der Waals surface area (Å²) >= 11 is 0. The van der Waals surface area contributed by atoms with Crippen molar-refractivity contribution in [3.05, 3.63) is 29.8 Å². The summed E-state index contributed by atoms with van der Waals surface area (Å²) in [6.45, 7) is 2.61. The van der Waals surface area contributed by atoms with E-state index in [2.05, 4.69) is 0 Å². The summed E-state index contributed by atoms with van der Waals surface area (Å²) < 4.78 is 26.6. The third-order valence-corrected chi connectivity index (χ3v) is 4.44. The van der Waals surface area contributed by atoms with Crippen molar-refractivity contribution in [3.8, 4) is 0 Å². The Morgan fingerprint density at radius 1 is 1.18 bits per heavy atom. The lowest BCUT2D eigenvalue weighted by Gasteiger charge is -2.24. The molecule has 0 fully saturated rings. The van der Waals surface area contributed by atoms with Gasteiger partial charge in [-0.15, -0.1) is 0 Å². The summed E-state index contributed by atoms with van der Waals surface area (Å²) in [5.41, 5.74) is 7.18. The Hall–Kier alpha value is -1.11. The maximum absolute atomic E-state index is 12.0. The van der Waals surface area contributed by atoms with Crippen molar-refractivity contribution in [2.45, 2.75) is 13.5 Å². The first-order valence-corrected chi connectivity index (χ1v) is 6.79. The zero-order chi connectivity index (χ0) is 13.1. The van der Waals surface area contributed by atoms with Crippen LogP contribution in [0.4, 0.5) is 5.69 Å². The zero-order valence-corrected chi connectivity index (χ0v) is 11.2. The molecule has 0 aromatic heterocycles. The maximum Gasteiger partial charge on any atom is 0.281 e. The predicted molar refractivity (Wildman–Crippen MR) is 69.5 cm³/mol. The molecule has 0 aliphatic carbocycles. The molecule has 0 atom stereocenters. The first kappa shape index (κ1) is 14.0. The van der Waals surface area contributed by atoms with Crippen molar-refractivity contribution in [1.29, 1.82) is 0 Å². The van der Waals surface area contributed by atoms with Gasteiger partial charge in [0.05, 0.1) is 0 Å². The first-order chi connectivity index (χ1) is 7.87. The number of nitrogens with two attached hydrogens (primary N) is 1. The Bertz CT molecular complexity index is 454. The molecule has 1 aromatic carbocycles. The van der Waals surface area contributed by atoms with Gasteiger partial charge in [0.15, 0.2) is 0 Å². The molecule has 5 nitrogen and oxygen atoms in total. The Morgan fingerprint density at radius 2 is 1.71 bits per heavy atom. The van der Waals surface area contributed by atoms with Crippen molar-refractivity contribution in [3.63, 3.8) is 0 Å². The molecule has 0 spiro atoms. The number of hydrogen-bond acceptors (Lipinski definition) is 3. The monoisotopic (exact) mass is 257 g/mol. The lowest BCUT2D eigenvalue weighted by molar-refractivity contribution is 0.382. The first-order valence-electron chi connectivity index (χ1n) is 5.40. The van der Waals surface area contributed by atoms with Crippen LogP contribution in [0.2, 0.25) is 0 Å². The SMILES string of the molecule is CCN(Cc1ccc(N)cc1)S(=O)(=O)N(C)C. The lowest BCUT2D eigenvalue weighted by atomic mass is 10.2. The minimum atomic E-state index is -3.36. The van der Waals surface area contributed by atoms with Gasteiger partial charge in [-0.05, 0) is 17.7 Å². The van der Waals surface area contributed by atoms with E-state index in [1.807, 2.05) is 19.1 Å². The van der Waals surface area contributed by atoms with E-state index in [4.69, 9.17) is 5.73 Å². The van der Waals surface area contributed by atoms with Crippen LogP contribution in [0, 0.1) is 0 Å². The third-order valence-electron chi connectivity index (χ3n) is 2.48. The minimum Gasteiger partial charge on any atom is -0.399 e. The van der Waals surface area contributed by atoms with Gasteiger partial charge in [0.2, 0.25) is 0 Å². The quantitative estimate of drug-likeness (QED) is 0.797. The molecular formula is C11H19N3O2S. The van der Waals surface area contributed by atoms with Gasteiger partial charge in [-0.3, -0.25) is 0 Å². The second-order valence-electron chi connectivity index (χ2n) is 3.96. The molecule has 17 heavy (non-hydrogen) atoms. The molecule has 0 aliphatic rings. The van der Waals surface area contributed by atoms with Gasteiger partial charge in [0.25, 0.3) is 10.2 Å². The minimum absolute atomic E-state index is 0.358. The van der Waals surface area contributed by atoms with E-state index in [-0.39, 0.29) is 0 Å². The van der Waals surface area contributed by atoms with E-state index >= 15 is 0 Å². The molecule has 1 aromatic rings. The fraction of sp³-hybridized carbons (Fsp3) is 0.455. The molecule has 0 aliphatic heterocycles. The van der Waals surface area contributed by atoms with Crippen molar-refractivity contribution in [2.75, 3.05) is 26.4 Å². The Morgan fingerprint density at radius 3 is 2.12 bits per heavy atom. The van der Waals surface area contributed by atoms with Gasteiger partial charge in [0.1, 0.15) is 0 Å². The van der Waals surface area contributed by atoms with Crippen LogP contribution in [0.1, 0.15) is 12.5 Å². The molecule has 0 amide bonds. The lowest BCUT2D eigenvalue weighted by Crippen LogP contribution is -2.39. The highest BCUT2D eigenvalue weighted by atomic mass is 32.2. The van der Waals surface area contributed by atoms with Crippen molar-refractivity contribution in [2.24, 2.45) is 0 Å². The maximum atomic E-state index is 12.0. The molecule has 0 radical (unpaired) electrons. The number of nitrogen functional groups attached to an aromatic ring is 1. The molecular weight excluding hydrogens is 238 g/mol. The molecule has 2 N–H and O–H groups in total. The molecule has 0 saturated heterocycles. The highest BCUT2D eigenvalue weighted by molar-refractivity contribution is 7.86. The average Bonchev–Trinajstić information content (AvgIpc) is 2.27. The molecule has 1 rings (SSSR count). The van der Waals surface area contributed by atoms with Gasteiger partial charge < -0.3 is 5.73 Å². The number of benzene rings is 1. The van der Waals surface area contributed by atoms with Crippen LogP contribution >= 0.6 is 0 Å². The fourth-order valence-electron chi connectivity index (χ4n) is 1.41. The average molecular weight is 257 g/mol. The predicted octanol–water partition coefficient (Wildman–Crippen LogP) is 0.897. The molecule has 96 valence electrons. The number of hydrogen-bond donors (Lipinski definition) is 1. The Balaban J connectivity index is 2.88. The van der Waals surface area contributed by atoms with E-state index in [1.165, 1.54) is 22.7 Å². The van der Waals surface area contributed by atoms with E-state index in [1.54, 1.807) is 12.1 Å². The number of anilines is 1. The summed E-state index contributed by atoms with van der Waals surface area (Å²) in [5.74, 6) is 0. The Kier molecular flexibility index (Phi) is 4.50. The van der Waals surface area contributed by atoms with Gasteiger partial charge >= 0.3 is 0 Å². The molecule has 0 saturated carbocycles. The van der Waals surface area contributed by atoms with Crippen molar-refractivity contribution >= 4 is 15.9 Å². The third kappa shape index (κ3) is 3.42. The summed E-state index contributed by atoms with van der Waals surface area (Å²) in [6.07, 6.45) is 0. The van der Waals surface area contributed by atoms with Gasteiger partial charge in [-0.2, -0.15) is 17.0 Å². The van der Waals surface area contributed by atoms with Crippen LogP contribution in [0.3, 0.4) is 0 Å². The smallest absolute Gasteiger partial charge is 0.281 e. The molecule has 0 heterocycles. The highest BCUT2D eigenvalue weighted by Gasteiger charge is 2.22. The van der Waals surface area contributed by atoms with Crippen LogP contribution in [-0.4, -0.2) is 37.7 Å². The van der Waals surface area contributed by atoms with E-state index in [0.717, 1.165) is 5.56 Å². The van der Waals surface area contributed by atoms with Gasteiger partial charge in [-0.25, -0.2) is 0 Å². The second-order valence-corrected chi connectivity index (χ2v) is 6.10. The number of nitrogens with zero attached hydrogens (tertiary/aromatic N) is 2. The summed E-state index contributed by atoms with van der Waals surface area (Å²) in [7, 11) is -0.304. The van der Waals surface area contributed by atoms with Crippen LogP contribution in [0.5, 0.6) is 0 Å². The normalized spacial score (nSPS) is 12.3. The topological polar surface area (TPSA) is 66.6 Å².